The molecule has 1 aliphatic heterocycles. The molecule has 0 bridgehead atoms. The van der Waals surface area contributed by atoms with E-state index in [-0.39, 0.29) is 6.04 Å². The molecule has 0 amide bonds. The highest BCUT2D eigenvalue weighted by Crippen LogP contribution is 2.29. The summed E-state index contributed by atoms with van der Waals surface area (Å²) in [5.74, 6) is 0.775. The molecular formula is C19H22ClN5. The van der Waals surface area contributed by atoms with Crippen LogP contribution in [-0.2, 0) is 6.54 Å². The monoisotopic (exact) mass is 355 g/mol. The summed E-state index contributed by atoms with van der Waals surface area (Å²) in [4.78, 5) is 11.5. The Morgan fingerprint density at radius 1 is 1.28 bits per heavy atom. The van der Waals surface area contributed by atoms with Crippen LogP contribution in [0, 0.1) is 13.8 Å². The van der Waals surface area contributed by atoms with Crippen LogP contribution in [0.4, 0.5) is 0 Å². The van der Waals surface area contributed by atoms with Gasteiger partial charge in [-0.1, -0.05) is 29.8 Å². The second-order valence-electron chi connectivity index (χ2n) is 6.64. The Morgan fingerprint density at radius 2 is 2.12 bits per heavy atom. The Morgan fingerprint density at radius 3 is 2.96 bits per heavy atom. The van der Waals surface area contributed by atoms with Crippen LogP contribution in [0.3, 0.4) is 0 Å². The van der Waals surface area contributed by atoms with Gasteiger partial charge in [0.2, 0.25) is 5.78 Å². The van der Waals surface area contributed by atoms with Crippen molar-refractivity contribution in [3.8, 4) is 0 Å². The standard InChI is InChI=1S/C19H22ClN5/c1-13-9-14(2)25-15(10-22-19(25)23-13)12-24-8-7-21-11-18(24)16-5-3-4-6-17(16)20/h3-6,9-10,18,21H,7-8,11-12H2,1-2H3. The summed E-state index contributed by atoms with van der Waals surface area (Å²) in [5, 5.41) is 4.32. The van der Waals surface area contributed by atoms with Crippen molar-refractivity contribution < 1.29 is 0 Å². The van der Waals surface area contributed by atoms with Crippen LogP contribution in [-0.4, -0.2) is 38.9 Å². The third kappa shape index (κ3) is 3.15. The van der Waals surface area contributed by atoms with Gasteiger partial charge >= 0.3 is 0 Å². The van der Waals surface area contributed by atoms with Crippen LogP contribution in [0.5, 0.6) is 0 Å². The highest BCUT2D eigenvalue weighted by atomic mass is 35.5. The lowest BCUT2D eigenvalue weighted by atomic mass is 10.0. The lowest BCUT2D eigenvalue weighted by molar-refractivity contribution is 0.151. The van der Waals surface area contributed by atoms with Gasteiger partial charge in [-0.2, -0.15) is 0 Å². The predicted octanol–water partition coefficient (Wildman–Crippen LogP) is 3.15. The van der Waals surface area contributed by atoms with Crippen molar-refractivity contribution in [3.63, 3.8) is 0 Å². The fraction of sp³-hybridized carbons (Fsp3) is 0.368. The minimum atomic E-state index is 0.256. The zero-order valence-corrected chi connectivity index (χ0v) is 15.3. The second kappa shape index (κ2) is 6.75. The lowest BCUT2D eigenvalue weighted by Gasteiger charge is -2.36. The first-order valence-electron chi connectivity index (χ1n) is 8.63. The van der Waals surface area contributed by atoms with Gasteiger partial charge < -0.3 is 5.32 Å². The molecular weight excluding hydrogens is 334 g/mol. The molecule has 1 N–H and O–H groups in total. The van der Waals surface area contributed by atoms with Gasteiger partial charge in [-0.3, -0.25) is 9.30 Å². The quantitative estimate of drug-likeness (QED) is 0.784. The highest BCUT2D eigenvalue weighted by Gasteiger charge is 2.26. The minimum Gasteiger partial charge on any atom is -0.314 e. The lowest BCUT2D eigenvalue weighted by Crippen LogP contribution is -2.45. The molecule has 1 fully saturated rings. The number of imidazole rings is 1. The molecule has 25 heavy (non-hydrogen) atoms. The molecule has 2 aromatic heterocycles. The van der Waals surface area contributed by atoms with E-state index in [1.165, 1.54) is 17.0 Å². The maximum absolute atomic E-state index is 6.46. The number of nitrogens with one attached hydrogen (secondary N) is 1. The van der Waals surface area contributed by atoms with E-state index in [4.69, 9.17) is 11.6 Å². The molecule has 1 atom stereocenters. The normalized spacial score (nSPS) is 18.8. The van der Waals surface area contributed by atoms with Crippen LogP contribution in [0.25, 0.3) is 5.78 Å². The fourth-order valence-electron chi connectivity index (χ4n) is 3.70. The fourth-order valence-corrected chi connectivity index (χ4v) is 3.97. The Bertz CT molecular complexity index is 904. The number of hydrogen-bond acceptors (Lipinski definition) is 4. The van der Waals surface area contributed by atoms with Crippen molar-refractivity contribution in [2.75, 3.05) is 19.6 Å². The van der Waals surface area contributed by atoms with E-state index >= 15 is 0 Å². The predicted molar refractivity (Wildman–Crippen MR) is 99.9 cm³/mol. The van der Waals surface area contributed by atoms with Crippen LogP contribution in [0.2, 0.25) is 5.02 Å². The van der Waals surface area contributed by atoms with Crippen molar-refractivity contribution >= 4 is 17.4 Å². The number of rotatable bonds is 3. The smallest absolute Gasteiger partial charge is 0.234 e. The molecule has 4 rings (SSSR count). The SMILES string of the molecule is Cc1cc(C)n2c(CN3CCNCC3c3ccccc3Cl)cnc2n1. The summed E-state index contributed by atoms with van der Waals surface area (Å²) in [5.41, 5.74) is 4.51. The molecule has 1 aliphatic rings. The van der Waals surface area contributed by atoms with Gasteiger partial charge in [0.05, 0.1) is 11.9 Å². The summed E-state index contributed by atoms with van der Waals surface area (Å²) in [6, 6.07) is 10.5. The number of aryl methyl sites for hydroxylation is 2. The van der Waals surface area contributed by atoms with Crippen molar-refractivity contribution in [2.24, 2.45) is 0 Å². The van der Waals surface area contributed by atoms with Gasteiger partial charge in [-0.15, -0.1) is 0 Å². The first kappa shape index (κ1) is 16.5. The first-order chi connectivity index (χ1) is 12.1. The summed E-state index contributed by atoms with van der Waals surface area (Å²) < 4.78 is 2.15. The molecule has 0 saturated carbocycles. The molecule has 0 spiro atoms. The maximum Gasteiger partial charge on any atom is 0.234 e. The van der Waals surface area contributed by atoms with Crippen LogP contribution in [0.1, 0.15) is 28.7 Å². The highest BCUT2D eigenvalue weighted by molar-refractivity contribution is 6.31. The van der Waals surface area contributed by atoms with Gasteiger partial charge in [0.15, 0.2) is 0 Å². The van der Waals surface area contributed by atoms with E-state index in [2.05, 4.69) is 49.7 Å². The zero-order valence-electron chi connectivity index (χ0n) is 14.5. The van der Waals surface area contributed by atoms with Crippen molar-refractivity contribution in [1.29, 1.82) is 0 Å². The van der Waals surface area contributed by atoms with Crippen molar-refractivity contribution in [2.45, 2.75) is 26.4 Å². The van der Waals surface area contributed by atoms with Gasteiger partial charge in [-0.05, 0) is 31.5 Å². The van der Waals surface area contributed by atoms with Gasteiger partial charge in [0.25, 0.3) is 0 Å². The van der Waals surface area contributed by atoms with E-state index < -0.39 is 0 Å². The van der Waals surface area contributed by atoms with E-state index in [0.717, 1.165) is 42.7 Å². The number of aromatic nitrogens is 3. The third-order valence-corrected chi connectivity index (χ3v) is 5.19. The Labute approximate surface area is 152 Å². The summed E-state index contributed by atoms with van der Waals surface area (Å²) >= 11 is 6.46. The van der Waals surface area contributed by atoms with Crippen LogP contribution in [0.15, 0.2) is 36.5 Å². The molecule has 0 radical (unpaired) electrons. The molecule has 3 aromatic rings. The number of fused-ring (bicyclic) bond motifs is 1. The molecule has 130 valence electrons. The van der Waals surface area contributed by atoms with E-state index in [0.29, 0.717) is 0 Å². The molecule has 5 nitrogen and oxygen atoms in total. The van der Waals surface area contributed by atoms with Crippen molar-refractivity contribution in [1.82, 2.24) is 24.6 Å². The second-order valence-corrected chi connectivity index (χ2v) is 7.04. The topological polar surface area (TPSA) is 45.5 Å². The number of hydrogen-bond donors (Lipinski definition) is 1. The average molecular weight is 356 g/mol. The Kier molecular flexibility index (Phi) is 4.46. The summed E-state index contributed by atoms with van der Waals surface area (Å²) in [6.45, 7) is 7.79. The van der Waals surface area contributed by atoms with Gasteiger partial charge in [0.1, 0.15) is 0 Å². The Hall–Kier alpha value is -1.95. The maximum atomic E-state index is 6.46. The number of halogens is 1. The summed E-state index contributed by atoms with van der Waals surface area (Å²) in [7, 11) is 0. The first-order valence-corrected chi connectivity index (χ1v) is 9.01. The zero-order chi connectivity index (χ0) is 17.4. The molecule has 3 heterocycles. The molecule has 1 aromatic carbocycles. The number of piperazine rings is 1. The Balaban J connectivity index is 1.68. The van der Waals surface area contributed by atoms with Crippen LogP contribution >= 0.6 is 11.6 Å². The third-order valence-electron chi connectivity index (χ3n) is 4.85. The molecule has 1 saturated heterocycles. The number of nitrogens with zero attached hydrogens (tertiary/aromatic N) is 4. The summed E-state index contributed by atoms with van der Waals surface area (Å²) in [6.07, 6.45) is 1.94. The number of benzene rings is 1. The van der Waals surface area contributed by atoms with Gasteiger partial charge in [-0.25, -0.2) is 9.97 Å². The molecule has 0 aliphatic carbocycles. The average Bonchev–Trinajstić information content (AvgIpc) is 2.99. The molecule has 6 heteroatoms. The van der Waals surface area contributed by atoms with Gasteiger partial charge in [0, 0.05) is 48.6 Å². The van der Waals surface area contributed by atoms with E-state index in [9.17, 15) is 0 Å². The van der Waals surface area contributed by atoms with E-state index in [1.807, 2.05) is 25.3 Å². The minimum absolute atomic E-state index is 0.256. The largest absolute Gasteiger partial charge is 0.314 e. The van der Waals surface area contributed by atoms with E-state index in [1.54, 1.807) is 0 Å². The van der Waals surface area contributed by atoms with Crippen molar-refractivity contribution in [3.05, 3.63) is 64.2 Å². The molecule has 1 unspecified atom stereocenters. The van der Waals surface area contributed by atoms with Crippen LogP contribution < -0.4 is 5.32 Å².